The summed E-state index contributed by atoms with van der Waals surface area (Å²) >= 11 is 0. The molecule has 0 saturated carbocycles. The Labute approximate surface area is 171 Å². The number of hydrogen-bond donors (Lipinski definition) is 3. The number of benzene rings is 2. The Morgan fingerprint density at radius 3 is 2.27 bits per heavy atom. The molecule has 2 aromatic carbocycles. The molecule has 0 saturated heterocycles. The lowest BCUT2D eigenvalue weighted by Crippen LogP contribution is -2.36. The van der Waals surface area contributed by atoms with Gasteiger partial charge in [0.1, 0.15) is 0 Å². The SMILES string of the molecule is CCCNc1ccc(C#N)c(C(F)(F)F)c1.N#Cc1ccc(C(=O)NNC=O)cc1. The van der Waals surface area contributed by atoms with Crippen molar-refractivity contribution in [3.63, 3.8) is 0 Å². The second-order valence-corrected chi connectivity index (χ2v) is 5.70. The van der Waals surface area contributed by atoms with Crippen molar-refractivity contribution in [1.82, 2.24) is 10.9 Å². The van der Waals surface area contributed by atoms with Crippen molar-refractivity contribution in [2.75, 3.05) is 11.9 Å². The topological polar surface area (TPSA) is 118 Å². The van der Waals surface area contributed by atoms with Gasteiger partial charge in [0.15, 0.2) is 0 Å². The Hall–Kier alpha value is -4.05. The van der Waals surface area contributed by atoms with Crippen molar-refractivity contribution in [2.24, 2.45) is 0 Å². The van der Waals surface area contributed by atoms with E-state index >= 15 is 0 Å². The van der Waals surface area contributed by atoms with E-state index in [-0.39, 0.29) is 5.56 Å². The highest BCUT2D eigenvalue weighted by Gasteiger charge is 2.33. The highest BCUT2D eigenvalue weighted by atomic mass is 19.4. The summed E-state index contributed by atoms with van der Waals surface area (Å²) in [6.07, 6.45) is -3.31. The van der Waals surface area contributed by atoms with Crippen molar-refractivity contribution >= 4 is 18.0 Å². The maximum absolute atomic E-state index is 12.6. The first-order valence-corrected chi connectivity index (χ1v) is 8.61. The first-order valence-electron chi connectivity index (χ1n) is 8.61. The number of amides is 2. The molecule has 0 aliphatic carbocycles. The van der Waals surface area contributed by atoms with E-state index in [1.54, 1.807) is 0 Å². The van der Waals surface area contributed by atoms with Crippen LogP contribution in [0.5, 0.6) is 0 Å². The quantitative estimate of drug-likeness (QED) is 0.492. The number of hydrogen-bond acceptors (Lipinski definition) is 5. The number of halogens is 3. The average Bonchev–Trinajstić information content (AvgIpc) is 2.75. The van der Waals surface area contributed by atoms with Crippen molar-refractivity contribution in [1.29, 1.82) is 10.5 Å². The molecule has 2 aromatic rings. The summed E-state index contributed by atoms with van der Waals surface area (Å²) in [5.74, 6) is -0.429. The molecule has 0 fully saturated rings. The van der Waals surface area contributed by atoms with Gasteiger partial charge in [-0.25, -0.2) is 0 Å². The van der Waals surface area contributed by atoms with E-state index in [1.165, 1.54) is 42.5 Å². The number of nitrogens with zero attached hydrogens (tertiary/aromatic N) is 2. The fourth-order valence-corrected chi connectivity index (χ4v) is 2.12. The minimum atomic E-state index is -4.49. The van der Waals surface area contributed by atoms with E-state index in [0.29, 0.717) is 29.8 Å². The molecule has 7 nitrogen and oxygen atoms in total. The molecule has 30 heavy (non-hydrogen) atoms. The van der Waals surface area contributed by atoms with E-state index in [4.69, 9.17) is 10.5 Å². The van der Waals surface area contributed by atoms with Crippen LogP contribution in [0.1, 0.15) is 40.4 Å². The summed E-state index contributed by atoms with van der Waals surface area (Å²) in [6, 6.07) is 13.1. The third kappa shape index (κ3) is 7.52. The third-order valence-electron chi connectivity index (χ3n) is 3.55. The Morgan fingerprint density at radius 1 is 1.10 bits per heavy atom. The van der Waals surface area contributed by atoms with Gasteiger partial charge in [-0.1, -0.05) is 6.92 Å². The Balaban J connectivity index is 0.000000303. The number of rotatable bonds is 6. The van der Waals surface area contributed by atoms with E-state index < -0.39 is 17.6 Å². The summed E-state index contributed by atoms with van der Waals surface area (Å²) in [7, 11) is 0. The zero-order valence-electron chi connectivity index (χ0n) is 15.9. The van der Waals surface area contributed by atoms with E-state index in [0.717, 1.165) is 12.5 Å². The van der Waals surface area contributed by atoms with Crippen molar-refractivity contribution in [3.05, 3.63) is 64.7 Å². The lowest BCUT2D eigenvalue weighted by Gasteiger charge is -2.11. The predicted octanol–water partition coefficient (Wildman–Crippen LogP) is 3.35. The third-order valence-corrected chi connectivity index (χ3v) is 3.55. The summed E-state index contributed by atoms with van der Waals surface area (Å²) in [4.78, 5) is 21.1. The molecule has 0 bridgehead atoms. The molecule has 3 N–H and O–H groups in total. The standard InChI is InChI=1S/C11H11F3N2.C9H7N3O2/c1-2-5-16-9-4-3-8(7-15)10(6-9)11(12,13)14;10-5-7-1-3-8(4-2-7)9(14)12-11-6-13/h3-4,6,16H,2,5H2,1H3;1-4,6H,(H,11,13)(H,12,14). The first kappa shape index (κ1) is 24.0. The summed E-state index contributed by atoms with van der Waals surface area (Å²) in [5, 5.41) is 19.9. The van der Waals surface area contributed by atoms with Crippen LogP contribution < -0.4 is 16.2 Å². The van der Waals surface area contributed by atoms with Gasteiger partial charge in [-0.3, -0.25) is 20.4 Å². The summed E-state index contributed by atoms with van der Waals surface area (Å²) < 4.78 is 37.7. The monoisotopic (exact) mass is 417 g/mol. The molecule has 0 radical (unpaired) electrons. The van der Waals surface area contributed by atoms with Crippen LogP contribution in [0.4, 0.5) is 18.9 Å². The molecule has 0 spiro atoms. The van der Waals surface area contributed by atoms with Gasteiger partial charge < -0.3 is 5.32 Å². The van der Waals surface area contributed by atoms with Gasteiger partial charge >= 0.3 is 6.18 Å². The number of hydrazine groups is 1. The predicted molar refractivity (Wildman–Crippen MR) is 103 cm³/mol. The molecule has 0 heterocycles. The maximum atomic E-state index is 12.6. The largest absolute Gasteiger partial charge is 0.417 e. The van der Waals surface area contributed by atoms with Crippen LogP contribution in [0.25, 0.3) is 0 Å². The molecule has 10 heteroatoms. The lowest BCUT2D eigenvalue weighted by atomic mass is 10.1. The Kier molecular flexibility index (Phi) is 9.37. The van der Waals surface area contributed by atoms with Gasteiger partial charge in [-0.05, 0) is 48.9 Å². The van der Waals surface area contributed by atoms with Crippen molar-refractivity contribution in [2.45, 2.75) is 19.5 Å². The minimum absolute atomic E-state index is 0.352. The van der Waals surface area contributed by atoms with Crippen LogP contribution in [0.2, 0.25) is 0 Å². The van der Waals surface area contributed by atoms with Gasteiger partial charge in [0, 0.05) is 17.8 Å². The number of nitriles is 2. The fourth-order valence-electron chi connectivity index (χ4n) is 2.12. The van der Waals surface area contributed by atoms with Crippen LogP contribution in [0.3, 0.4) is 0 Å². The molecule has 0 aliphatic heterocycles. The number of carbonyl (C=O) groups is 2. The Bertz CT molecular complexity index is 945. The zero-order valence-corrected chi connectivity index (χ0v) is 15.9. The number of anilines is 1. The molecule has 0 aliphatic rings. The van der Waals surface area contributed by atoms with Gasteiger partial charge in [-0.15, -0.1) is 0 Å². The highest BCUT2D eigenvalue weighted by molar-refractivity contribution is 5.94. The number of alkyl halides is 3. The van der Waals surface area contributed by atoms with Crippen molar-refractivity contribution in [3.8, 4) is 12.1 Å². The van der Waals surface area contributed by atoms with Crippen LogP contribution in [0, 0.1) is 22.7 Å². The van der Waals surface area contributed by atoms with Gasteiger partial charge in [0.05, 0.1) is 28.8 Å². The molecule has 156 valence electrons. The van der Waals surface area contributed by atoms with Gasteiger partial charge in [0.2, 0.25) is 6.41 Å². The number of carbonyl (C=O) groups excluding carboxylic acids is 2. The highest BCUT2D eigenvalue weighted by Crippen LogP contribution is 2.33. The summed E-state index contributed by atoms with van der Waals surface area (Å²) in [5.41, 5.74) is 4.16. The maximum Gasteiger partial charge on any atom is 0.417 e. The van der Waals surface area contributed by atoms with Gasteiger partial charge in [-0.2, -0.15) is 23.7 Å². The average molecular weight is 417 g/mol. The smallest absolute Gasteiger partial charge is 0.385 e. The van der Waals surface area contributed by atoms with E-state index in [9.17, 15) is 22.8 Å². The second kappa shape index (κ2) is 11.7. The molecule has 2 amide bonds. The molecular weight excluding hydrogens is 399 g/mol. The minimum Gasteiger partial charge on any atom is -0.385 e. The van der Waals surface area contributed by atoms with Crippen LogP contribution in [-0.2, 0) is 11.0 Å². The fraction of sp³-hybridized carbons (Fsp3) is 0.200. The van der Waals surface area contributed by atoms with Crippen LogP contribution in [0.15, 0.2) is 42.5 Å². The van der Waals surface area contributed by atoms with E-state index in [2.05, 4.69) is 10.7 Å². The zero-order chi connectivity index (χ0) is 22.6. The molecule has 0 aromatic heterocycles. The van der Waals surface area contributed by atoms with Gasteiger partial charge in [0.25, 0.3) is 5.91 Å². The summed E-state index contributed by atoms with van der Waals surface area (Å²) in [6.45, 7) is 2.52. The van der Waals surface area contributed by atoms with E-state index in [1.807, 2.05) is 18.4 Å². The normalized spacial score (nSPS) is 9.80. The Morgan fingerprint density at radius 2 is 1.77 bits per heavy atom. The first-order chi connectivity index (χ1) is 14.3. The molecule has 0 atom stereocenters. The second-order valence-electron chi connectivity index (χ2n) is 5.70. The van der Waals surface area contributed by atoms with Crippen LogP contribution in [-0.4, -0.2) is 18.9 Å². The number of nitrogens with one attached hydrogen (secondary N) is 3. The van der Waals surface area contributed by atoms with Crippen molar-refractivity contribution < 1.29 is 22.8 Å². The molecule has 2 rings (SSSR count). The lowest BCUT2D eigenvalue weighted by molar-refractivity contribution is -0.137. The molecule has 0 unspecified atom stereocenters. The molecular formula is C20H18F3N5O2. The van der Waals surface area contributed by atoms with Crippen LogP contribution >= 0.6 is 0 Å².